The van der Waals surface area contributed by atoms with Crippen LogP contribution in [-0.2, 0) is 6.42 Å². The van der Waals surface area contributed by atoms with Crippen molar-refractivity contribution < 1.29 is 14.4 Å². The number of halogens is 1. The summed E-state index contributed by atoms with van der Waals surface area (Å²) in [5, 5.41) is 5.03. The van der Waals surface area contributed by atoms with Crippen LogP contribution in [0.5, 0.6) is 0 Å². The first-order valence-electron chi connectivity index (χ1n) is 6.57. The fraction of sp³-hybridized carbons (Fsp3) is 0.133. The zero-order chi connectivity index (χ0) is 15.7. The van der Waals surface area contributed by atoms with Gasteiger partial charge in [-0.05, 0) is 59.3 Å². The second kappa shape index (κ2) is 6.17. The minimum Gasteiger partial charge on any atom is -0.352 e. The van der Waals surface area contributed by atoms with E-state index in [1.807, 2.05) is 12.1 Å². The molecule has 2 aromatic rings. The van der Waals surface area contributed by atoms with E-state index in [0.717, 1.165) is 6.42 Å². The van der Waals surface area contributed by atoms with Gasteiger partial charge in [-0.1, -0.05) is 0 Å². The molecule has 1 aliphatic rings. The normalized spacial score (nSPS) is 13.0. The van der Waals surface area contributed by atoms with Crippen LogP contribution in [0.3, 0.4) is 0 Å². The highest BCUT2D eigenvalue weighted by molar-refractivity contribution is 14.1. The Kier molecular flexibility index (Phi) is 4.25. The smallest absolute Gasteiger partial charge is 0.258 e. The lowest BCUT2D eigenvalue weighted by molar-refractivity contribution is 0.0878. The van der Waals surface area contributed by atoms with Crippen LogP contribution in [0.15, 0.2) is 30.3 Å². The number of imide groups is 1. The summed E-state index contributed by atoms with van der Waals surface area (Å²) in [6.45, 7) is 0.525. The predicted octanol–water partition coefficient (Wildman–Crippen LogP) is 2.21. The van der Waals surface area contributed by atoms with Crippen LogP contribution < -0.4 is 10.6 Å². The summed E-state index contributed by atoms with van der Waals surface area (Å²) in [5.74, 6) is -1.12. The Morgan fingerprint density at radius 3 is 2.64 bits per heavy atom. The van der Waals surface area contributed by atoms with Crippen LogP contribution in [0.4, 0.5) is 0 Å². The molecular formula is C15H11IN2O3S. The van der Waals surface area contributed by atoms with Gasteiger partial charge in [0.25, 0.3) is 17.7 Å². The third kappa shape index (κ3) is 3.05. The number of hydrogen-bond acceptors (Lipinski definition) is 4. The summed E-state index contributed by atoms with van der Waals surface area (Å²) < 4.78 is 1.22. The van der Waals surface area contributed by atoms with Gasteiger partial charge in [-0.15, -0.1) is 11.3 Å². The molecule has 5 nitrogen and oxygen atoms in total. The van der Waals surface area contributed by atoms with Crippen molar-refractivity contribution in [2.24, 2.45) is 0 Å². The number of thiophene rings is 1. The van der Waals surface area contributed by atoms with Crippen molar-refractivity contribution in [3.05, 3.63) is 54.8 Å². The van der Waals surface area contributed by atoms with Crippen molar-refractivity contribution in [2.45, 2.75) is 6.42 Å². The molecule has 3 amide bonds. The maximum atomic E-state index is 12.1. The average molecular weight is 426 g/mol. The van der Waals surface area contributed by atoms with Crippen LogP contribution in [0.2, 0.25) is 0 Å². The molecule has 1 aromatic carbocycles. The van der Waals surface area contributed by atoms with Crippen LogP contribution in [0.25, 0.3) is 0 Å². The lowest BCUT2D eigenvalue weighted by atomic mass is 10.1. The fourth-order valence-electron chi connectivity index (χ4n) is 2.20. The molecule has 22 heavy (non-hydrogen) atoms. The average Bonchev–Trinajstić information content (AvgIpc) is 3.03. The lowest BCUT2D eigenvalue weighted by Gasteiger charge is -2.05. The van der Waals surface area contributed by atoms with Gasteiger partial charge in [0.15, 0.2) is 0 Å². The zero-order valence-corrected chi connectivity index (χ0v) is 14.3. The molecule has 2 heterocycles. The second-order valence-corrected chi connectivity index (χ2v) is 7.82. The molecular weight excluding hydrogens is 415 g/mol. The van der Waals surface area contributed by atoms with Crippen molar-refractivity contribution in [3.8, 4) is 0 Å². The van der Waals surface area contributed by atoms with E-state index in [1.165, 1.54) is 19.9 Å². The van der Waals surface area contributed by atoms with Gasteiger partial charge in [0.1, 0.15) is 0 Å². The van der Waals surface area contributed by atoms with Gasteiger partial charge >= 0.3 is 0 Å². The summed E-state index contributed by atoms with van der Waals surface area (Å²) in [6, 6.07) is 8.61. The quantitative estimate of drug-likeness (QED) is 0.582. The molecule has 0 bridgehead atoms. The van der Waals surface area contributed by atoms with Gasteiger partial charge in [0.05, 0.1) is 14.0 Å². The number of carbonyl (C=O) groups excluding carboxylic acids is 3. The Morgan fingerprint density at radius 1 is 1.14 bits per heavy atom. The van der Waals surface area contributed by atoms with E-state index in [1.54, 1.807) is 17.4 Å². The molecule has 1 aromatic heterocycles. The molecule has 112 valence electrons. The Bertz CT molecular complexity index is 785. The molecule has 2 N–H and O–H groups in total. The monoisotopic (exact) mass is 426 g/mol. The van der Waals surface area contributed by atoms with E-state index in [-0.39, 0.29) is 11.5 Å². The van der Waals surface area contributed by atoms with Gasteiger partial charge in [0, 0.05) is 17.0 Å². The number of fused-ring (bicyclic) bond motifs is 1. The van der Waals surface area contributed by atoms with Gasteiger partial charge in [-0.3, -0.25) is 19.7 Å². The van der Waals surface area contributed by atoms with Crippen molar-refractivity contribution in [2.75, 3.05) is 6.54 Å². The van der Waals surface area contributed by atoms with Crippen molar-refractivity contribution in [1.29, 1.82) is 0 Å². The fourth-order valence-corrected chi connectivity index (χ4v) is 3.95. The Labute approximate surface area is 144 Å². The highest BCUT2D eigenvalue weighted by Crippen LogP contribution is 2.19. The molecule has 0 spiro atoms. The highest BCUT2D eigenvalue weighted by Gasteiger charge is 2.27. The predicted molar refractivity (Wildman–Crippen MR) is 91.3 cm³/mol. The maximum Gasteiger partial charge on any atom is 0.258 e. The number of amides is 3. The van der Waals surface area contributed by atoms with E-state index in [9.17, 15) is 14.4 Å². The number of benzene rings is 1. The zero-order valence-electron chi connectivity index (χ0n) is 11.3. The largest absolute Gasteiger partial charge is 0.352 e. The first kappa shape index (κ1) is 15.2. The van der Waals surface area contributed by atoms with Gasteiger partial charge in [0.2, 0.25) is 0 Å². The second-order valence-electron chi connectivity index (χ2n) is 4.76. The van der Waals surface area contributed by atoms with Crippen molar-refractivity contribution in [1.82, 2.24) is 10.6 Å². The molecule has 3 rings (SSSR count). The standard InChI is InChI=1S/C15H11IN2O3S/c16-12-4-2-9(22-12)5-6-17-13(19)8-1-3-10-11(7-8)15(21)18-14(10)20/h1-4,7H,5-6H2,(H,17,19)(H,18,20,21). The van der Waals surface area contributed by atoms with E-state index < -0.39 is 11.8 Å². The minimum absolute atomic E-state index is 0.249. The SMILES string of the molecule is O=C(NCCc1ccc(I)s1)c1ccc2c(c1)C(=O)NC2=O. The van der Waals surface area contributed by atoms with Crippen molar-refractivity contribution in [3.63, 3.8) is 0 Å². The first-order chi connectivity index (χ1) is 10.5. The topological polar surface area (TPSA) is 75.3 Å². The van der Waals surface area contributed by atoms with Gasteiger partial charge in [-0.2, -0.15) is 0 Å². The summed E-state index contributed by atoms with van der Waals surface area (Å²) in [6.07, 6.45) is 0.767. The van der Waals surface area contributed by atoms with E-state index >= 15 is 0 Å². The number of carbonyl (C=O) groups is 3. The van der Waals surface area contributed by atoms with Gasteiger partial charge in [-0.25, -0.2) is 0 Å². The molecule has 0 aliphatic carbocycles. The van der Waals surface area contributed by atoms with E-state index in [0.29, 0.717) is 17.7 Å². The summed E-state index contributed by atoms with van der Waals surface area (Å²) in [4.78, 5) is 36.4. The van der Waals surface area contributed by atoms with Crippen LogP contribution >= 0.6 is 33.9 Å². The number of rotatable bonds is 4. The van der Waals surface area contributed by atoms with Crippen LogP contribution in [0.1, 0.15) is 36.0 Å². The Morgan fingerprint density at radius 2 is 1.91 bits per heavy atom. The highest BCUT2D eigenvalue weighted by atomic mass is 127. The number of hydrogen-bond donors (Lipinski definition) is 2. The molecule has 0 atom stereocenters. The molecule has 1 aliphatic heterocycles. The van der Waals surface area contributed by atoms with Crippen LogP contribution in [-0.4, -0.2) is 24.3 Å². The first-order valence-corrected chi connectivity index (χ1v) is 8.46. The summed E-state index contributed by atoms with van der Waals surface area (Å²) in [7, 11) is 0. The molecule has 0 saturated heterocycles. The summed E-state index contributed by atoms with van der Waals surface area (Å²) >= 11 is 3.96. The minimum atomic E-state index is -0.456. The van der Waals surface area contributed by atoms with E-state index in [2.05, 4.69) is 33.2 Å². The molecule has 0 radical (unpaired) electrons. The van der Waals surface area contributed by atoms with Crippen molar-refractivity contribution >= 4 is 51.6 Å². The third-order valence-corrected chi connectivity index (χ3v) is 5.24. The van der Waals surface area contributed by atoms with E-state index in [4.69, 9.17) is 0 Å². The van der Waals surface area contributed by atoms with Gasteiger partial charge < -0.3 is 5.32 Å². The summed E-state index contributed by atoms with van der Waals surface area (Å²) in [5.41, 5.74) is 0.949. The Balaban J connectivity index is 1.64. The number of nitrogens with one attached hydrogen (secondary N) is 2. The maximum absolute atomic E-state index is 12.1. The lowest BCUT2D eigenvalue weighted by Crippen LogP contribution is -2.25. The molecule has 0 fully saturated rings. The van der Waals surface area contributed by atoms with Crippen LogP contribution in [0, 0.1) is 2.88 Å². The molecule has 7 heteroatoms. The molecule has 0 unspecified atom stereocenters. The Hall–Kier alpha value is -1.74. The molecule has 0 saturated carbocycles. The third-order valence-electron chi connectivity index (χ3n) is 3.28.